The van der Waals surface area contributed by atoms with Crippen LogP contribution in [-0.4, -0.2) is 58.8 Å². The maximum absolute atomic E-state index is 4.51. The van der Waals surface area contributed by atoms with Crippen molar-refractivity contribution < 1.29 is 0 Å². The normalized spacial score (nSPS) is 17.7. The zero-order valence-corrected chi connectivity index (χ0v) is 16.5. The van der Waals surface area contributed by atoms with Crippen LogP contribution in [0, 0.1) is 0 Å². The molecule has 0 saturated carbocycles. The van der Waals surface area contributed by atoms with Gasteiger partial charge in [0.1, 0.15) is 5.82 Å². The molecule has 1 fully saturated rings. The Morgan fingerprint density at radius 3 is 2.79 bits per heavy atom. The summed E-state index contributed by atoms with van der Waals surface area (Å²) in [6.45, 7) is 6.49. The highest BCUT2D eigenvalue weighted by Crippen LogP contribution is 2.26. The Balaban J connectivity index is 1.40. The van der Waals surface area contributed by atoms with E-state index in [2.05, 4.69) is 47.0 Å². The van der Waals surface area contributed by atoms with E-state index in [1.807, 2.05) is 30.1 Å². The molecule has 4 rings (SSSR count). The van der Waals surface area contributed by atoms with Gasteiger partial charge in [-0.05, 0) is 26.3 Å². The third-order valence-electron chi connectivity index (χ3n) is 5.20. The summed E-state index contributed by atoms with van der Waals surface area (Å²) in [6, 6.07) is 0. The Morgan fingerprint density at radius 2 is 2.04 bits per heavy atom. The van der Waals surface area contributed by atoms with E-state index in [9.17, 15) is 0 Å². The van der Waals surface area contributed by atoms with Crippen LogP contribution in [0.5, 0.6) is 0 Å². The number of imidazole rings is 1. The van der Waals surface area contributed by atoms with Gasteiger partial charge in [-0.2, -0.15) is 0 Å². The number of hydrogen-bond donors (Lipinski definition) is 1. The SMILES string of the molecule is CCNc1ncc(CN2CCC[C@H](c3nnc(Cn4ccnc4)n3C)C2)cn1. The van der Waals surface area contributed by atoms with Gasteiger partial charge in [-0.25, -0.2) is 15.0 Å². The van der Waals surface area contributed by atoms with Crippen LogP contribution >= 0.6 is 0 Å². The maximum Gasteiger partial charge on any atom is 0.222 e. The van der Waals surface area contributed by atoms with Crippen molar-refractivity contribution in [3.63, 3.8) is 0 Å². The van der Waals surface area contributed by atoms with E-state index < -0.39 is 0 Å². The molecule has 0 aromatic carbocycles. The van der Waals surface area contributed by atoms with Gasteiger partial charge in [0.05, 0.1) is 12.9 Å². The summed E-state index contributed by atoms with van der Waals surface area (Å²) in [6.07, 6.45) is 11.7. The van der Waals surface area contributed by atoms with Crippen LogP contribution in [0.25, 0.3) is 0 Å². The van der Waals surface area contributed by atoms with Gasteiger partial charge in [0.2, 0.25) is 5.95 Å². The molecular formula is C19H27N9. The minimum absolute atomic E-state index is 0.393. The van der Waals surface area contributed by atoms with Gasteiger partial charge < -0.3 is 14.5 Å². The average Bonchev–Trinajstić information content (AvgIpc) is 3.35. The molecule has 4 heterocycles. The number of nitrogens with zero attached hydrogens (tertiary/aromatic N) is 8. The zero-order valence-electron chi connectivity index (χ0n) is 16.5. The third-order valence-corrected chi connectivity index (χ3v) is 5.20. The molecule has 0 aliphatic carbocycles. The van der Waals surface area contributed by atoms with E-state index in [0.29, 0.717) is 18.4 Å². The highest BCUT2D eigenvalue weighted by atomic mass is 15.3. The molecule has 0 bridgehead atoms. The third kappa shape index (κ3) is 4.19. The maximum atomic E-state index is 4.51. The summed E-state index contributed by atoms with van der Waals surface area (Å²) in [7, 11) is 2.06. The van der Waals surface area contributed by atoms with Gasteiger partial charge in [0, 0.05) is 63.0 Å². The molecule has 148 valence electrons. The molecule has 9 heteroatoms. The van der Waals surface area contributed by atoms with Crippen LogP contribution in [0.15, 0.2) is 31.1 Å². The van der Waals surface area contributed by atoms with Crippen LogP contribution < -0.4 is 5.32 Å². The Kier molecular flexibility index (Phi) is 5.61. The fourth-order valence-electron chi connectivity index (χ4n) is 3.77. The quantitative estimate of drug-likeness (QED) is 0.666. The summed E-state index contributed by atoms with van der Waals surface area (Å²) in [4.78, 5) is 15.3. The summed E-state index contributed by atoms with van der Waals surface area (Å²) in [5, 5.41) is 12.1. The zero-order chi connectivity index (χ0) is 19.3. The van der Waals surface area contributed by atoms with E-state index >= 15 is 0 Å². The lowest BCUT2D eigenvalue weighted by Gasteiger charge is -2.32. The molecule has 0 unspecified atom stereocenters. The summed E-state index contributed by atoms with van der Waals surface area (Å²) < 4.78 is 4.15. The standard InChI is InChI=1S/C19H27N9/c1-3-21-19-22-9-15(10-23-19)11-27-7-4-5-16(12-27)18-25-24-17(26(18)2)13-28-8-6-20-14-28/h6,8-10,14,16H,3-5,7,11-13H2,1-2H3,(H,21,22,23)/t16-/m0/s1. The van der Waals surface area contributed by atoms with Gasteiger partial charge in [0.15, 0.2) is 5.82 Å². The Morgan fingerprint density at radius 1 is 1.18 bits per heavy atom. The minimum Gasteiger partial charge on any atom is -0.355 e. The highest BCUT2D eigenvalue weighted by Gasteiger charge is 2.26. The van der Waals surface area contributed by atoms with Crippen LogP contribution in [-0.2, 0) is 20.1 Å². The summed E-state index contributed by atoms with van der Waals surface area (Å²) in [5.41, 5.74) is 1.14. The lowest BCUT2D eigenvalue weighted by Crippen LogP contribution is -2.35. The number of anilines is 1. The molecule has 0 radical (unpaired) electrons. The molecule has 28 heavy (non-hydrogen) atoms. The number of aromatic nitrogens is 7. The van der Waals surface area contributed by atoms with Gasteiger partial charge >= 0.3 is 0 Å². The van der Waals surface area contributed by atoms with E-state index in [0.717, 1.165) is 56.2 Å². The Hall–Kier alpha value is -2.81. The van der Waals surface area contributed by atoms with Crippen LogP contribution in [0.4, 0.5) is 5.95 Å². The fraction of sp³-hybridized carbons (Fsp3) is 0.526. The smallest absolute Gasteiger partial charge is 0.222 e. The van der Waals surface area contributed by atoms with E-state index in [1.165, 1.54) is 0 Å². The highest BCUT2D eigenvalue weighted by molar-refractivity contribution is 5.24. The molecular weight excluding hydrogens is 354 g/mol. The van der Waals surface area contributed by atoms with Crippen molar-refractivity contribution in [2.45, 2.75) is 38.8 Å². The molecule has 1 saturated heterocycles. The number of likely N-dealkylation sites (tertiary alicyclic amines) is 1. The summed E-state index contributed by atoms with van der Waals surface area (Å²) >= 11 is 0. The van der Waals surface area contributed by atoms with Crippen molar-refractivity contribution in [3.8, 4) is 0 Å². The molecule has 0 spiro atoms. The van der Waals surface area contributed by atoms with Crippen LogP contribution in [0.1, 0.15) is 42.9 Å². The number of piperidine rings is 1. The number of nitrogens with one attached hydrogen (secondary N) is 1. The molecule has 9 nitrogen and oxygen atoms in total. The van der Waals surface area contributed by atoms with Crippen molar-refractivity contribution in [2.24, 2.45) is 7.05 Å². The molecule has 1 aliphatic heterocycles. The van der Waals surface area contributed by atoms with Gasteiger partial charge in [-0.15, -0.1) is 10.2 Å². The molecule has 1 atom stereocenters. The predicted octanol–water partition coefficient (Wildman–Crippen LogP) is 1.66. The first-order valence-electron chi connectivity index (χ1n) is 9.84. The monoisotopic (exact) mass is 381 g/mol. The van der Waals surface area contributed by atoms with Gasteiger partial charge in [-0.1, -0.05) is 0 Å². The summed E-state index contributed by atoms with van der Waals surface area (Å²) in [5.74, 6) is 3.10. The van der Waals surface area contributed by atoms with E-state index in [4.69, 9.17) is 0 Å². The second kappa shape index (κ2) is 8.47. The second-order valence-electron chi connectivity index (χ2n) is 7.29. The first-order valence-corrected chi connectivity index (χ1v) is 9.84. The lowest BCUT2D eigenvalue weighted by molar-refractivity contribution is 0.194. The van der Waals surface area contributed by atoms with Crippen molar-refractivity contribution in [2.75, 3.05) is 25.0 Å². The van der Waals surface area contributed by atoms with Crippen molar-refractivity contribution in [3.05, 3.63) is 48.3 Å². The Labute approximate surface area is 164 Å². The second-order valence-corrected chi connectivity index (χ2v) is 7.29. The molecule has 3 aromatic rings. The average molecular weight is 381 g/mol. The largest absolute Gasteiger partial charge is 0.355 e. The molecule has 1 aliphatic rings. The molecule has 1 N–H and O–H groups in total. The van der Waals surface area contributed by atoms with E-state index in [-0.39, 0.29) is 0 Å². The molecule has 3 aromatic heterocycles. The lowest BCUT2D eigenvalue weighted by atomic mass is 9.97. The first kappa shape index (κ1) is 18.5. The first-order chi connectivity index (χ1) is 13.7. The Bertz CT molecular complexity index is 869. The number of rotatable bonds is 7. The van der Waals surface area contributed by atoms with Crippen molar-refractivity contribution in [1.82, 2.24) is 39.2 Å². The minimum atomic E-state index is 0.393. The fourth-order valence-corrected chi connectivity index (χ4v) is 3.77. The topological polar surface area (TPSA) is 89.6 Å². The van der Waals surface area contributed by atoms with Crippen LogP contribution in [0.3, 0.4) is 0 Å². The van der Waals surface area contributed by atoms with Crippen molar-refractivity contribution in [1.29, 1.82) is 0 Å². The number of hydrogen-bond acceptors (Lipinski definition) is 7. The van der Waals surface area contributed by atoms with E-state index in [1.54, 1.807) is 12.5 Å². The van der Waals surface area contributed by atoms with Crippen molar-refractivity contribution >= 4 is 5.95 Å². The molecule has 0 amide bonds. The van der Waals surface area contributed by atoms with Gasteiger partial charge in [0.25, 0.3) is 0 Å². The predicted molar refractivity (Wildman–Crippen MR) is 106 cm³/mol. The van der Waals surface area contributed by atoms with Gasteiger partial charge in [-0.3, -0.25) is 4.90 Å². The van der Waals surface area contributed by atoms with Crippen LogP contribution in [0.2, 0.25) is 0 Å².